The number of amides is 2. The molecule has 132 valence electrons. The Morgan fingerprint density at radius 3 is 2.50 bits per heavy atom. The third-order valence-corrected chi connectivity index (χ3v) is 6.15. The number of thiophene rings is 1. The molecule has 0 aliphatic carbocycles. The van der Waals surface area contributed by atoms with Crippen molar-refractivity contribution < 1.29 is 9.59 Å². The van der Waals surface area contributed by atoms with E-state index in [0.717, 1.165) is 20.1 Å². The summed E-state index contributed by atoms with van der Waals surface area (Å²) in [6, 6.07) is 11.6. The zero-order valence-corrected chi connectivity index (χ0v) is 15.6. The van der Waals surface area contributed by atoms with Crippen LogP contribution in [0.2, 0.25) is 0 Å². The molecule has 1 fully saturated rings. The van der Waals surface area contributed by atoms with Crippen LogP contribution in [-0.2, 0) is 4.79 Å². The average molecular weight is 383 g/mol. The van der Waals surface area contributed by atoms with E-state index in [9.17, 15) is 9.59 Å². The Kier molecular flexibility index (Phi) is 4.81. The highest BCUT2D eigenvalue weighted by Crippen LogP contribution is 2.22. The molecule has 0 bridgehead atoms. The number of piperazine rings is 1. The Balaban J connectivity index is 1.35. The number of carbonyl (C=O) groups is 2. The molecule has 1 aromatic carbocycles. The van der Waals surface area contributed by atoms with Gasteiger partial charge in [0.1, 0.15) is 5.01 Å². The molecule has 0 saturated carbocycles. The van der Waals surface area contributed by atoms with Crippen LogP contribution < -0.4 is 0 Å². The van der Waals surface area contributed by atoms with Crippen molar-refractivity contribution in [3.8, 4) is 0 Å². The average Bonchev–Trinajstić information content (AvgIpc) is 3.35. The molecule has 3 heterocycles. The summed E-state index contributed by atoms with van der Waals surface area (Å²) in [7, 11) is 0. The van der Waals surface area contributed by atoms with E-state index < -0.39 is 0 Å². The summed E-state index contributed by atoms with van der Waals surface area (Å²) in [5.41, 5.74) is 0.949. The van der Waals surface area contributed by atoms with Gasteiger partial charge in [0.2, 0.25) is 5.91 Å². The molecule has 5 nitrogen and oxygen atoms in total. The predicted molar refractivity (Wildman–Crippen MR) is 105 cm³/mol. The Hall–Kier alpha value is -2.51. The molecule has 1 saturated heterocycles. The van der Waals surface area contributed by atoms with Gasteiger partial charge < -0.3 is 9.80 Å². The maximum absolute atomic E-state index is 12.4. The van der Waals surface area contributed by atoms with Crippen molar-refractivity contribution in [2.45, 2.75) is 0 Å². The first-order valence-corrected chi connectivity index (χ1v) is 10.1. The number of carbonyl (C=O) groups excluding carboxylic acids is 2. The number of benzene rings is 1. The molecular formula is C19H17N3O2S2. The van der Waals surface area contributed by atoms with E-state index in [1.807, 2.05) is 46.7 Å². The molecule has 4 rings (SSSR count). The van der Waals surface area contributed by atoms with Gasteiger partial charge in [0, 0.05) is 32.3 Å². The first-order chi connectivity index (χ1) is 12.7. The van der Waals surface area contributed by atoms with Gasteiger partial charge >= 0.3 is 0 Å². The van der Waals surface area contributed by atoms with Crippen molar-refractivity contribution in [3.05, 3.63) is 57.7 Å². The van der Waals surface area contributed by atoms with Crippen molar-refractivity contribution >= 4 is 50.8 Å². The molecule has 0 unspecified atom stereocenters. The largest absolute Gasteiger partial charge is 0.336 e. The first kappa shape index (κ1) is 16.9. The van der Waals surface area contributed by atoms with Crippen LogP contribution in [0.25, 0.3) is 16.3 Å². The summed E-state index contributed by atoms with van der Waals surface area (Å²) in [5.74, 6) is 0.0181. The highest BCUT2D eigenvalue weighted by molar-refractivity contribution is 7.19. The van der Waals surface area contributed by atoms with Gasteiger partial charge in [-0.1, -0.05) is 18.2 Å². The second-order valence-electron chi connectivity index (χ2n) is 5.95. The molecule has 0 N–H and O–H groups in total. The number of hydrogen-bond donors (Lipinski definition) is 0. The van der Waals surface area contributed by atoms with E-state index in [2.05, 4.69) is 4.98 Å². The van der Waals surface area contributed by atoms with Crippen LogP contribution in [0.5, 0.6) is 0 Å². The molecular weight excluding hydrogens is 366 g/mol. The zero-order chi connectivity index (χ0) is 17.9. The maximum Gasteiger partial charge on any atom is 0.264 e. The monoisotopic (exact) mass is 383 g/mol. The SMILES string of the molecule is O=C(/C=C/c1nc2ccccc2s1)N1CCN(C(=O)c2cccs2)CC1. The smallest absolute Gasteiger partial charge is 0.264 e. The quantitative estimate of drug-likeness (QED) is 0.652. The highest BCUT2D eigenvalue weighted by Gasteiger charge is 2.24. The molecule has 0 atom stereocenters. The van der Waals surface area contributed by atoms with Gasteiger partial charge in [0.05, 0.1) is 15.1 Å². The van der Waals surface area contributed by atoms with Crippen molar-refractivity contribution in [2.75, 3.05) is 26.2 Å². The number of thiazole rings is 1. The molecule has 0 radical (unpaired) electrons. The Morgan fingerprint density at radius 1 is 1.00 bits per heavy atom. The van der Waals surface area contributed by atoms with Crippen molar-refractivity contribution in [1.82, 2.24) is 14.8 Å². The molecule has 3 aromatic rings. The van der Waals surface area contributed by atoms with Crippen LogP contribution in [0.3, 0.4) is 0 Å². The van der Waals surface area contributed by atoms with Gasteiger partial charge in [-0.25, -0.2) is 4.98 Å². The van der Waals surface area contributed by atoms with E-state index in [1.165, 1.54) is 11.3 Å². The minimum absolute atomic E-state index is 0.0347. The Labute approximate surface area is 159 Å². The van der Waals surface area contributed by atoms with E-state index in [0.29, 0.717) is 26.2 Å². The summed E-state index contributed by atoms with van der Waals surface area (Å²) in [6.07, 6.45) is 3.35. The van der Waals surface area contributed by atoms with E-state index in [1.54, 1.807) is 28.4 Å². The van der Waals surface area contributed by atoms with Crippen molar-refractivity contribution in [3.63, 3.8) is 0 Å². The lowest BCUT2D eigenvalue weighted by molar-refractivity contribution is -0.127. The third-order valence-electron chi connectivity index (χ3n) is 4.29. The lowest BCUT2D eigenvalue weighted by atomic mass is 10.2. The van der Waals surface area contributed by atoms with Crippen LogP contribution >= 0.6 is 22.7 Å². The molecule has 0 spiro atoms. The summed E-state index contributed by atoms with van der Waals surface area (Å²) in [6.45, 7) is 2.25. The van der Waals surface area contributed by atoms with Crippen LogP contribution in [0.1, 0.15) is 14.7 Å². The second-order valence-corrected chi connectivity index (χ2v) is 7.96. The van der Waals surface area contributed by atoms with Crippen LogP contribution in [0, 0.1) is 0 Å². The zero-order valence-electron chi connectivity index (χ0n) is 14.0. The molecule has 1 aliphatic rings. The summed E-state index contributed by atoms with van der Waals surface area (Å²) < 4.78 is 1.11. The number of nitrogens with zero attached hydrogens (tertiary/aromatic N) is 3. The normalized spacial score (nSPS) is 15.1. The number of hydrogen-bond acceptors (Lipinski definition) is 5. The Bertz CT molecular complexity index is 921. The predicted octanol–water partition coefficient (Wildman–Crippen LogP) is 3.36. The fourth-order valence-corrected chi connectivity index (χ4v) is 4.46. The van der Waals surface area contributed by atoms with Crippen LogP contribution in [-0.4, -0.2) is 52.8 Å². The summed E-state index contributed by atoms with van der Waals surface area (Å²) >= 11 is 3.02. The minimum atomic E-state index is -0.0347. The van der Waals surface area contributed by atoms with Gasteiger partial charge in [-0.3, -0.25) is 9.59 Å². The topological polar surface area (TPSA) is 53.5 Å². The van der Waals surface area contributed by atoms with E-state index >= 15 is 0 Å². The second kappa shape index (κ2) is 7.39. The van der Waals surface area contributed by atoms with E-state index in [-0.39, 0.29) is 11.8 Å². The van der Waals surface area contributed by atoms with Gasteiger partial charge in [0.15, 0.2) is 0 Å². The number of rotatable bonds is 3. The van der Waals surface area contributed by atoms with Crippen LogP contribution in [0.4, 0.5) is 0 Å². The number of aromatic nitrogens is 1. The molecule has 26 heavy (non-hydrogen) atoms. The van der Waals surface area contributed by atoms with Crippen LogP contribution in [0.15, 0.2) is 47.9 Å². The van der Waals surface area contributed by atoms with E-state index in [4.69, 9.17) is 0 Å². The standard InChI is InChI=1S/C19H17N3O2S2/c23-18(8-7-17-20-14-4-1-2-5-15(14)26-17)21-9-11-22(12-10-21)19(24)16-6-3-13-25-16/h1-8,13H,9-12H2/b8-7+. The lowest BCUT2D eigenvalue weighted by Crippen LogP contribution is -2.50. The fourth-order valence-electron chi connectivity index (χ4n) is 2.90. The third kappa shape index (κ3) is 3.54. The summed E-state index contributed by atoms with van der Waals surface area (Å²) in [4.78, 5) is 33.6. The van der Waals surface area contributed by atoms with Gasteiger partial charge in [-0.15, -0.1) is 22.7 Å². The van der Waals surface area contributed by atoms with Crippen molar-refractivity contribution in [1.29, 1.82) is 0 Å². The first-order valence-electron chi connectivity index (χ1n) is 8.36. The highest BCUT2D eigenvalue weighted by atomic mass is 32.1. The fraction of sp³-hybridized carbons (Fsp3) is 0.211. The van der Waals surface area contributed by atoms with Gasteiger partial charge in [-0.05, 0) is 29.7 Å². The molecule has 7 heteroatoms. The molecule has 2 amide bonds. The summed E-state index contributed by atoms with van der Waals surface area (Å²) in [5, 5.41) is 2.73. The Morgan fingerprint density at radius 2 is 1.77 bits per heavy atom. The number of para-hydroxylation sites is 1. The van der Waals surface area contributed by atoms with Gasteiger partial charge in [0.25, 0.3) is 5.91 Å². The number of fused-ring (bicyclic) bond motifs is 1. The lowest BCUT2D eigenvalue weighted by Gasteiger charge is -2.34. The molecule has 1 aliphatic heterocycles. The minimum Gasteiger partial charge on any atom is -0.336 e. The maximum atomic E-state index is 12.4. The molecule has 2 aromatic heterocycles. The van der Waals surface area contributed by atoms with Gasteiger partial charge in [-0.2, -0.15) is 0 Å². The van der Waals surface area contributed by atoms with Crippen molar-refractivity contribution in [2.24, 2.45) is 0 Å².